The van der Waals surface area contributed by atoms with Gasteiger partial charge < -0.3 is 10.1 Å². The first-order chi connectivity index (χ1) is 17.3. The van der Waals surface area contributed by atoms with E-state index in [1.807, 2.05) is 113 Å². The number of hydrogen-bond donors (Lipinski definition) is 1. The first-order valence-electron chi connectivity index (χ1n) is 11.8. The monoisotopic (exact) mass is 476 g/mol. The zero-order valence-corrected chi connectivity index (χ0v) is 20.8. The van der Waals surface area contributed by atoms with Crippen LogP contribution in [0.1, 0.15) is 30.5 Å². The minimum atomic E-state index is -0.475. The SMILES string of the molecule is Cc1ccc(NC(=O)/C(C#N)=C/c2cn(-c3ccccc3)nc2-c2ccc(OC(C)C)c(C)c2)cc1. The summed E-state index contributed by atoms with van der Waals surface area (Å²) in [7, 11) is 0. The number of nitriles is 1. The molecule has 180 valence electrons. The van der Waals surface area contributed by atoms with Crippen molar-refractivity contribution in [3.63, 3.8) is 0 Å². The molecule has 4 aromatic rings. The lowest BCUT2D eigenvalue weighted by molar-refractivity contribution is -0.112. The van der Waals surface area contributed by atoms with Crippen LogP contribution in [0.4, 0.5) is 5.69 Å². The molecule has 0 aliphatic heterocycles. The van der Waals surface area contributed by atoms with E-state index in [1.165, 1.54) is 0 Å². The first kappa shape index (κ1) is 24.5. The highest BCUT2D eigenvalue weighted by atomic mass is 16.5. The number of benzene rings is 3. The summed E-state index contributed by atoms with van der Waals surface area (Å²) in [6.07, 6.45) is 3.48. The molecule has 0 aliphatic carbocycles. The van der Waals surface area contributed by atoms with Crippen molar-refractivity contribution in [2.75, 3.05) is 5.32 Å². The average Bonchev–Trinajstić information content (AvgIpc) is 3.29. The molecule has 1 N–H and O–H groups in total. The molecule has 0 spiro atoms. The summed E-state index contributed by atoms with van der Waals surface area (Å²) in [6.45, 7) is 7.94. The molecule has 0 radical (unpaired) electrons. The van der Waals surface area contributed by atoms with Gasteiger partial charge in [0.2, 0.25) is 0 Å². The van der Waals surface area contributed by atoms with E-state index in [4.69, 9.17) is 9.84 Å². The molecule has 0 unspecified atom stereocenters. The molecule has 1 heterocycles. The van der Waals surface area contributed by atoms with Gasteiger partial charge >= 0.3 is 0 Å². The van der Waals surface area contributed by atoms with Crippen molar-refractivity contribution in [2.45, 2.75) is 33.8 Å². The third-order valence-electron chi connectivity index (χ3n) is 5.55. The van der Waals surface area contributed by atoms with E-state index in [-0.39, 0.29) is 11.7 Å². The van der Waals surface area contributed by atoms with Crippen LogP contribution in [-0.4, -0.2) is 21.8 Å². The van der Waals surface area contributed by atoms with Gasteiger partial charge in [0.1, 0.15) is 23.1 Å². The molecule has 36 heavy (non-hydrogen) atoms. The van der Waals surface area contributed by atoms with Crippen molar-refractivity contribution in [1.82, 2.24) is 9.78 Å². The predicted molar refractivity (Wildman–Crippen MR) is 143 cm³/mol. The zero-order valence-electron chi connectivity index (χ0n) is 20.8. The van der Waals surface area contributed by atoms with Gasteiger partial charge in [0.05, 0.1) is 11.8 Å². The van der Waals surface area contributed by atoms with Crippen molar-refractivity contribution in [2.24, 2.45) is 0 Å². The topological polar surface area (TPSA) is 79.9 Å². The molecule has 0 atom stereocenters. The second kappa shape index (κ2) is 10.7. The van der Waals surface area contributed by atoms with Gasteiger partial charge in [0.15, 0.2) is 0 Å². The number of anilines is 1. The maximum atomic E-state index is 12.9. The zero-order chi connectivity index (χ0) is 25.7. The van der Waals surface area contributed by atoms with E-state index in [1.54, 1.807) is 10.8 Å². The largest absolute Gasteiger partial charge is 0.491 e. The molecular formula is C30H28N4O2. The fourth-order valence-electron chi connectivity index (χ4n) is 3.75. The molecule has 0 saturated heterocycles. The van der Waals surface area contributed by atoms with Crippen LogP contribution in [0.5, 0.6) is 5.75 Å². The molecule has 3 aromatic carbocycles. The maximum absolute atomic E-state index is 12.9. The average molecular weight is 477 g/mol. The van der Waals surface area contributed by atoms with Crippen LogP contribution in [-0.2, 0) is 4.79 Å². The minimum Gasteiger partial charge on any atom is -0.491 e. The van der Waals surface area contributed by atoms with Crippen molar-refractivity contribution in [3.8, 4) is 28.8 Å². The number of nitrogens with zero attached hydrogens (tertiary/aromatic N) is 3. The van der Waals surface area contributed by atoms with Gasteiger partial charge in [-0.05, 0) is 81.8 Å². The van der Waals surface area contributed by atoms with Gasteiger partial charge in [-0.3, -0.25) is 4.79 Å². The second-order valence-corrected chi connectivity index (χ2v) is 8.85. The molecule has 4 rings (SSSR count). The molecule has 0 saturated carbocycles. The Morgan fingerprint density at radius 2 is 1.78 bits per heavy atom. The van der Waals surface area contributed by atoms with Crippen LogP contribution in [0.15, 0.2) is 84.6 Å². The van der Waals surface area contributed by atoms with Gasteiger partial charge in [-0.1, -0.05) is 35.9 Å². The number of aromatic nitrogens is 2. The summed E-state index contributed by atoms with van der Waals surface area (Å²) in [5.74, 6) is 0.333. The van der Waals surface area contributed by atoms with Crippen molar-refractivity contribution in [1.29, 1.82) is 5.26 Å². The first-order valence-corrected chi connectivity index (χ1v) is 11.8. The fraction of sp³-hybridized carbons (Fsp3) is 0.167. The van der Waals surface area contributed by atoms with Crippen molar-refractivity contribution < 1.29 is 9.53 Å². The molecular weight excluding hydrogens is 448 g/mol. The number of nitrogens with one attached hydrogen (secondary N) is 1. The Labute approximate surface area is 211 Å². The highest BCUT2D eigenvalue weighted by Gasteiger charge is 2.16. The Morgan fingerprint density at radius 3 is 2.42 bits per heavy atom. The summed E-state index contributed by atoms with van der Waals surface area (Å²) >= 11 is 0. The fourth-order valence-corrected chi connectivity index (χ4v) is 3.75. The van der Waals surface area contributed by atoms with E-state index in [0.717, 1.165) is 28.1 Å². The maximum Gasteiger partial charge on any atom is 0.266 e. The Morgan fingerprint density at radius 1 is 1.06 bits per heavy atom. The normalized spacial score (nSPS) is 11.3. The van der Waals surface area contributed by atoms with Crippen LogP contribution in [0.2, 0.25) is 0 Å². The van der Waals surface area contributed by atoms with Crippen LogP contribution < -0.4 is 10.1 Å². The van der Waals surface area contributed by atoms with Crippen LogP contribution in [0, 0.1) is 25.2 Å². The highest BCUT2D eigenvalue weighted by Crippen LogP contribution is 2.30. The summed E-state index contributed by atoms with van der Waals surface area (Å²) in [4.78, 5) is 12.9. The van der Waals surface area contributed by atoms with E-state index >= 15 is 0 Å². The number of amides is 1. The molecule has 0 fully saturated rings. The lowest BCUT2D eigenvalue weighted by atomic mass is 10.0. The third kappa shape index (κ3) is 5.70. The second-order valence-electron chi connectivity index (χ2n) is 8.85. The van der Waals surface area contributed by atoms with Gasteiger partial charge in [0, 0.05) is 23.0 Å². The summed E-state index contributed by atoms with van der Waals surface area (Å²) in [6, 6.07) is 25.1. The van der Waals surface area contributed by atoms with E-state index in [0.29, 0.717) is 16.9 Å². The van der Waals surface area contributed by atoms with Gasteiger partial charge in [-0.25, -0.2) is 4.68 Å². The third-order valence-corrected chi connectivity index (χ3v) is 5.55. The number of carbonyl (C=O) groups excluding carboxylic acids is 1. The quantitative estimate of drug-likeness (QED) is 0.244. The standard InChI is InChI=1S/C30H28N4O2/c1-20(2)36-28-15-12-23(16-22(28)4)29-25(19-34(33-29)27-8-6-5-7-9-27)17-24(18-31)30(35)32-26-13-10-21(3)11-14-26/h5-17,19-20H,1-4H3,(H,32,35)/b24-17+. The smallest absolute Gasteiger partial charge is 0.266 e. The number of ether oxygens (including phenoxy) is 1. The van der Waals surface area contributed by atoms with Crippen LogP contribution in [0.25, 0.3) is 23.0 Å². The summed E-state index contributed by atoms with van der Waals surface area (Å²) < 4.78 is 7.64. The Bertz CT molecular complexity index is 1440. The number of carbonyl (C=O) groups is 1. The van der Waals surface area contributed by atoms with Crippen molar-refractivity contribution >= 4 is 17.7 Å². The highest BCUT2D eigenvalue weighted by molar-refractivity contribution is 6.10. The van der Waals surface area contributed by atoms with Gasteiger partial charge in [0.25, 0.3) is 5.91 Å². The summed E-state index contributed by atoms with van der Waals surface area (Å²) in [5.41, 5.74) is 5.73. The minimum absolute atomic E-state index is 0.0130. The van der Waals surface area contributed by atoms with E-state index in [2.05, 4.69) is 5.32 Å². The van der Waals surface area contributed by atoms with Crippen molar-refractivity contribution in [3.05, 3.63) is 101 Å². The Hall–Kier alpha value is -4.63. The van der Waals surface area contributed by atoms with Crippen LogP contribution in [0.3, 0.4) is 0 Å². The molecule has 6 heteroatoms. The molecule has 0 aliphatic rings. The number of rotatable bonds is 7. The molecule has 1 amide bonds. The molecule has 1 aromatic heterocycles. The van der Waals surface area contributed by atoms with Crippen LogP contribution >= 0.6 is 0 Å². The van der Waals surface area contributed by atoms with Gasteiger partial charge in [-0.2, -0.15) is 10.4 Å². The van der Waals surface area contributed by atoms with E-state index < -0.39 is 5.91 Å². The lowest BCUT2D eigenvalue weighted by Crippen LogP contribution is -2.13. The Balaban J connectivity index is 1.75. The lowest BCUT2D eigenvalue weighted by Gasteiger charge is -2.13. The number of aryl methyl sites for hydroxylation is 2. The molecule has 6 nitrogen and oxygen atoms in total. The summed E-state index contributed by atoms with van der Waals surface area (Å²) in [5, 5.41) is 17.4. The Kier molecular flexibility index (Phi) is 7.31. The molecule has 0 bridgehead atoms. The van der Waals surface area contributed by atoms with Gasteiger partial charge in [-0.15, -0.1) is 0 Å². The number of hydrogen-bond acceptors (Lipinski definition) is 4. The van der Waals surface area contributed by atoms with E-state index in [9.17, 15) is 10.1 Å². The number of para-hydroxylation sites is 1. The predicted octanol–water partition coefficient (Wildman–Crippen LogP) is 6.49.